The van der Waals surface area contributed by atoms with Gasteiger partial charge < -0.3 is 0 Å². The molecule has 0 N–H and O–H groups in total. The van der Waals surface area contributed by atoms with Crippen molar-refractivity contribution in [1.29, 1.82) is 0 Å². The third-order valence-electron chi connectivity index (χ3n) is 5.02. The summed E-state index contributed by atoms with van der Waals surface area (Å²) in [6, 6.07) is 16.8. The number of carbonyl (C=O) groups is 1. The molecule has 0 aliphatic heterocycles. The van der Waals surface area contributed by atoms with Crippen LogP contribution in [0.3, 0.4) is 0 Å². The molecule has 1 fully saturated rings. The van der Waals surface area contributed by atoms with Gasteiger partial charge in [0.1, 0.15) is 0 Å². The normalized spacial score (nSPS) is 21.5. The Balaban J connectivity index is 1.67. The lowest BCUT2D eigenvalue weighted by Crippen LogP contribution is -2.22. The molecule has 1 aliphatic carbocycles. The number of hydrogen-bond acceptors (Lipinski definition) is 1. The van der Waals surface area contributed by atoms with Crippen LogP contribution in [-0.4, -0.2) is 5.78 Å². The van der Waals surface area contributed by atoms with E-state index in [1.807, 2.05) is 31.2 Å². The van der Waals surface area contributed by atoms with Gasteiger partial charge >= 0.3 is 0 Å². The number of aryl methyl sites for hydroxylation is 2. The molecule has 0 atom stereocenters. The van der Waals surface area contributed by atoms with E-state index in [2.05, 4.69) is 31.2 Å². The lowest BCUT2D eigenvalue weighted by molar-refractivity contribution is 0.0883. The lowest BCUT2D eigenvalue weighted by atomic mass is 9.75. The lowest BCUT2D eigenvalue weighted by Gasteiger charge is -2.28. The molecule has 0 amide bonds. The molecule has 2 aromatic carbocycles. The number of benzene rings is 2. The number of rotatable bonds is 3. The minimum atomic E-state index is 0.210. The zero-order chi connectivity index (χ0) is 15.5. The maximum absolute atomic E-state index is 12.7. The van der Waals surface area contributed by atoms with Crippen LogP contribution >= 0.6 is 0 Å². The average Bonchev–Trinajstić information content (AvgIpc) is 2.55. The van der Waals surface area contributed by atoms with Crippen molar-refractivity contribution < 1.29 is 4.79 Å². The van der Waals surface area contributed by atoms with Crippen LogP contribution in [0.25, 0.3) is 0 Å². The van der Waals surface area contributed by atoms with Gasteiger partial charge in [0.25, 0.3) is 0 Å². The van der Waals surface area contributed by atoms with Crippen LogP contribution in [-0.2, 0) is 0 Å². The Morgan fingerprint density at radius 1 is 0.909 bits per heavy atom. The van der Waals surface area contributed by atoms with Crippen molar-refractivity contribution in [1.82, 2.24) is 0 Å². The molecule has 0 radical (unpaired) electrons. The van der Waals surface area contributed by atoms with Crippen molar-refractivity contribution in [2.45, 2.75) is 45.4 Å². The van der Waals surface area contributed by atoms with E-state index in [-0.39, 0.29) is 5.92 Å². The third kappa shape index (κ3) is 3.14. The van der Waals surface area contributed by atoms with Gasteiger partial charge in [-0.1, -0.05) is 54.1 Å². The Bertz CT molecular complexity index is 663. The maximum atomic E-state index is 12.7. The zero-order valence-corrected chi connectivity index (χ0v) is 13.5. The van der Waals surface area contributed by atoms with Crippen LogP contribution < -0.4 is 0 Å². The highest BCUT2D eigenvalue weighted by Gasteiger charge is 2.28. The predicted molar refractivity (Wildman–Crippen MR) is 91.4 cm³/mol. The first-order valence-corrected chi connectivity index (χ1v) is 8.31. The van der Waals surface area contributed by atoms with Gasteiger partial charge in [0, 0.05) is 11.5 Å². The SMILES string of the molecule is Cc1cccc(C2CCC(C(=O)c3ccccc3C)CC2)c1. The summed E-state index contributed by atoms with van der Waals surface area (Å²) >= 11 is 0. The summed E-state index contributed by atoms with van der Waals surface area (Å²) < 4.78 is 0. The molecule has 0 unspecified atom stereocenters. The van der Waals surface area contributed by atoms with E-state index in [1.165, 1.54) is 11.1 Å². The van der Waals surface area contributed by atoms with Crippen LogP contribution in [0.15, 0.2) is 48.5 Å². The molecule has 22 heavy (non-hydrogen) atoms. The summed E-state index contributed by atoms with van der Waals surface area (Å²) in [7, 11) is 0. The standard InChI is InChI=1S/C21H24O/c1-15-6-5-8-19(14-15)17-10-12-18(13-11-17)21(22)20-9-4-3-7-16(20)2/h3-9,14,17-18H,10-13H2,1-2H3. The van der Waals surface area contributed by atoms with Gasteiger partial charge in [-0.05, 0) is 56.6 Å². The van der Waals surface area contributed by atoms with E-state index in [4.69, 9.17) is 0 Å². The van der Waals surface area contributed by atoms with Gasteiger partial charge in [0.15, 0.2) is 5.78 Å². The summed E-state index contributed by atoms with van der Waals surface area (Å²) in [5, 5.41) is 0. The van der Waals surface area contributed by atoms with E-state index >= 15 is 0 Å². The van der Waals surface area contributed by atoms with Crippen LogP contribution in [0.5, 0.6) is 0 Å². The molecule has 0 spiro atoms. The second-order valence-electron chi connectivity index (χ2n) is 6.64. The number of ketones is 1. The molecule has 3 rings (SSSR count). The van der Waals surface area contributed by atoms with Gasteiger partial charge in [-0.2, -0.15) is 0 Å². The molecule has 1 aliphatic rings. The van der Waals surface area contributed by atoms with E-state index in [0.717, 1.165) is 36.8 Å². The zero-order valence-electron chi connectivity index (χ0n) is 13.5. The summed E-state index contributed by atoms with van der Waals surface area (Å²) in [6.45, 7) is 4.18. The Labute approximate surface area is 133 Å². The first kappa shape index (κ1) is 15.0. The Morgan fingerprint density at radius 3 is 2.32 bits per heavy atom. The number of hydrogen-bond donors (Lipinski definition) is 0. The highest BCUT2D eigenvalue weighted by Crippen LogP contribution is 2.37. The smallest absolute Gasteiger partial charge is 0.166 e. The van der Waals surface area contributed by atoms with E-state index < -0.39 is 0 Å². The fourth-order valence-electron chi connectivity index (χ4n) is 3.68. The van der Waals surface area contributed by atoms with E-state index in [9.17, 15) is 4.79 Å². The molecule has 0 heterocycles. The average molecular weight is 292 g/mol. The van der Waals surface area contributed by atoms with Crippen LogP contribution in [0.1, 0.15) is 58.6 Å². The molecule has 0 saturated heterocycles. The minimum Gasteiger partial charge on any atom is -0.294 e. The van der Waals surface area contributed by atoms with Gasteiger partial charge in [0.05, 0.1) is 0 Å². The van der Waals surface area contributed by atoms with Crippen LogP contribution in [0.2, 0.25) is 0 Å². The van der Waals surface area contributed by atoms with Crippen molar-refractivity contribution in [2.75, 3.05) is 0 Å². The van der Waals surface area contributed by atoms with Crippen molar-refractivity contribution in [3.8, 4) is 0 Å². The van der Waals surface area contributed by atoms with Gasteiger partial charge in [0.2, 0.25) is 0 Å². The summed E-state index contributed by atoms with van der Waals surface area (Å²) in [5.41, 5.74) is 4.80. The Kier molecular flexibility index (Phi) is 4.42. The van der Waals surface area contributed by atoms with Crippen LogP contribution in [0, 0.1) is 19.8 Å². The first-order chi connectivity index (χ1) is 10.6. The molecule has 1 saturated carbocycles. The second kappa shape index (κ2) is 6.48. The predicted octanol–water partition coefficient (Wildman–Crippen LogP) is 5.46. The Hall–Kier alpha value is -1.89. The van der Waals surface area contributed by atoms with E-state index in [0.29, 0.717) is 11.7 Å². The third-order valence-corrected chi connectivity index (χ3v) is 5.02. The molecule has 0 aromatic heterocycles. The van der Waals surface area contributed by atoms with Gasteiger partial charge in [-0.3, -0.25) is 4.79 Å². The van der Waals surface area contributed by atoms with Crippen LogP contribution in [0.4, 0.5) is 0 Å². The van der Waals surface area contributed by atoms with Crippen molar-refractivity contribution >= 4 is 5.78 Å². The topological polar surface area (TPSA) is 17.1 Å². The fourth-order valence-corrected chi connectivity index (χ4v) is 3.68. The summed E-state index contributed by atoms with van der Waals surface area (Å²) in [4.78, 5) is 12.7. The molecule has 114 valence electrons. The molecular formula is C21H24O. The molecule has 1 heteroatoms. The minimum absolute atomic E-state index is 0.210. The summed E-state index contributed by atoms with van der Waals surface area (Å²) in [5.74, 6) is 1.18. The van der Waals surface area contributed by atoms with Gasteiger partial charge in [-0.15, -0.1) is 0 Å². The molecular weight excluding hydrogens is 268 g/mol. The molecule has 1 nitrogen and oxygen atoms in total. The Morgan fingerprint density at radius 2 is 1.64 bits per heavy atom. The van der Waals surface area contributed by atoms with Crippen molar-refractivity contribution in [3.05, 3.63) is 70.8 Å². The second-order valence-corrected chi connectivity index (χ2v) is 6.64. The largest absolute Gasteiger partial charge is 0.294 e. The number of carbonyl (C=O) groups excluding carboxylic acids is 1. The van der Waals surface area contributed by atoms with E-state index in [1.54, 1.807) is 0 Å². The monoisotopic (exact) mass is 292 g/mol. The molecule has 0 bridgehead atoms. The highest BCUT2D eigenvalue weighted by atomic mass is 16.1. The maximum Gasteiger partial charge on any atom is 0.166 e. The van der Waals surface area contributed by atoms with Gasteiger partial charge in [-0.25, -0.2) is 0 Å². The van der Waals surface area contributed by atoms with Crippen molar-refractivity contribution in [3.63, 3.8) is 0 Å². The fraction of sp³-hybridized carbons (Fsp3) is 0.381. The number of Topliss-reactive ketones (excluding diaryl/α,β-unsaturated/α-hetero) is 1. The quantitative estimate of drug-likeness (QED) is 0.686. The molecule has 2 aromatic rings. The summed E-state index contributed by atoms with van der Waals surface area (Å²) in [6.07, 6.45) is 4.30. The highest BCUT2D eigenvalue weighted by molar-refractivity contribution is 5.99. The first-order valence-electron chi connectivity index (χ1n) is 8.31. The van der Waals surface area contributed by atoms with Crippen molar-refractivity contribution in [2.24, 2.45) is 5.92 Å².